The van der Waals surface area contributed by atoms with Gasteiger partial charge in [0.2, 0.25) is 0 Å². The van der Waals surface area contributed by atoms with E-state index in [0.29, 0.717) is 5.41 Å². The van der Waals surface area contributed by atoms with Gasteiger partial charge in [0.05, 0.1) is 0 Å². The number of aryl methyl sites for hydroxylation is 1. The number of piperidine rings is 1. The molecule has 2 atom stereocenters. The summed E-state index contributed by atoms with van der Waals surface area (Å²) in [6, 6.07) is 6.54. The lowest BCUT2D eigenvalue weighted by atomic mass is 9.94. The molecule has 0 aromatic heterocycles. The topological polar surface area (TPSA) is 21.3 Å². The third-order valence-corrected chi connectivity index (χ3v) is 5.32. The van der Waals surface area contributed by atoms with Gasteiger partial charge in [0, 0.05) is 30.7 Å². The van der Waals surface area contributed by atoms with E-state index in [0.717, 1.165) is 30.0 Å². The van der Waals surface area contributed by atoms with Crippen LogP contribution in [0.2, 0.25) is 5.02 Å². The molecule has 0 amide bonds. The van der Waals surface area contributed by atoms with Gasteiger partial charge in [-0.15, -0.1) is 0 Å². The van der Waals surface area contributed by atoms with Crippen LogP contribution in [0.25, 0.3) is 0 Å². The lowest BCUT2D eigenvalue weighted by molar-refractivity contribution is 0.186. The highest BCUT2D eigenvalue weighted by Crippen LogP contribution is 2.56. The van der Waals surface area contributed by atoms with Gasteiger partial charge in [0.1, 0.15) is 0 Å². The van der Waals surface area contributed by atoms with Crippen molar-refractivity contribution in [1.82, 2.24) is 5.32 Å². The minimum Gasteiger partial charge on any atom is -0.384 e. The molecular weight excluding hydrogens is 270 g/mol. The van der Waals surface area contributed by atoms with Crippen LogP contribution >= 0.6 is 11.6 Å². The molecule has 0 radical (unpaired) electrons. The highest BCUT2D eigenvalue weighted by atomic mass is 35.5. The summed E-state index contributed by atoms with van der Waals surface area (Å²) in [7, 11) is 1.76. The molecule has 1 heterocycles. The summed E-state index contributed by atoms with van der Waals surface area (Å²) in [6.45, 7) is 5.36. The molecule has 1 aliphatic heterocycles. The maximum atomic E-state index is 6.15. The Morgan fingerprint density at radius 2 is 2.20 bits per heavy atom. The van der Waals surface area contributed by atoms with Gasteiger partial charge in [-0.05, 0) is 61.8 Å². The Labute approximate surface area is 126 Å². The predicted octanol–water partition coefficient (Wildman–Crippen LogP) is 3.55. The lowest BCUT2D eigenvalue weighted by Gasteiger charge is -2.13. The average molecular weight is 294 g/mol. The van der Waals surface area contributed by atoms with Gasteiger partial charge in [-0.1, -0.05) is 23.7 Å². The fourth-order valence-electron chi connectivity index (χ4n) is 3.21. The molecule has 0 bridgehead atoms. The molecule has 2 saturated carbocycles. The molecule has 110 valence electrons. The smallest absolute Gasteiger partial charge is 0.0490 e. The molecule has 3 fully saturated rings. The van der Waals surface area contributed by atoms with Crippen molar-refractivity contribution in [2.75, 3.05) is 26.8 Å². The number of ether oxygens (including phenoxy) is 1. The van der Waals surface area contributed by atoms with Crippen LogP contribution in [0.3, 0.4) is 0 Å². The minimum absolute atomic E-state index is 0.442. The van der Waals surface area contributed by atoms with Crippen molar-refractivity contribution < 1.29 is 4.74 Å². The molecule has 20 heavy (non-hydrogen) atoms. The zero-order valence-electron chi connectivity index (χ0n) is 12.4. The van der Waals surface area contributed by atoms with Crippen LogP contribution in [0.15, 0.2) is 18.2 Å². The third kappa shape index (κ3) is 2.88. The molecule has 1 saturated heterocycles. The van der Waals surface area contributed by atoms with Crippen LogP contribution < -0.4 is 5.32 Å². The molecule has 4 rings (SSSR count). The van der Waals surface area contributed by atoms with Crippen molar-refractivity contribution in [2.45, 2.75) is 31.6 Å². The van der Waals surface area contributed by atoms with Crippen molar-refractivity contribution in [2.24, 2.45) is 11.8 Å². The number of rotatable bonds is 3. The number of hydrogen-bond donors (Lipinski definition) is 1. The molecule has 1 aromatic carbocycles. The first-order valence-corrected chi connectivity index (χ1v) is 8.00. The van der Waals surface area contributed by atoms with E-state index in [1.54, 1.807) is 7.11 Å². The van der Waals surface area contributed by atoms with E-state index in [1.807, 2.05) is 0 Å². The summed E-state index contributed by atoms with van der Waals surface area (Å²) in [5.74, 6) is 1.79. The van der Waals surface area contributed by atoms with E-state index < -0.39 is 0 Å². The Balaban J connectivity index is 0.000000170. The highest BCUT2D eigenvalue weighted by Gasteiger charge is 2.57. The van der Waals surface area contributed by atoms with Gasteiger partial charge in [-0.3, -0.25) is 0 Å². The third-order valence-electron chi connectivity index (χ3n) is 4.91. The molecule has 3 aliphatic rings. The Morgan fingerprint density at radius 1 is 1.40 bits per heavy atom. The molecule has 0 spiro atoms. The second kappa shape index (κ2) is 5.67. The van der Waals surface area contributed by atoms with E-state index in [9.17, 15) is 0 Å². The van der Waals surface area contributed by atoms with Crippen molar-refractivity contribution in [3.8, 4) is 0 Å². The first-order valence-electron chi connectivity index (χ1n) is 7.62. The molecule has 1 N–H and O–H groups in total. The van der Waals surface area contributed by atoms with Crippen molar-refractivity contribution in [3.05, 3.63) is 34.3 Å². The molecular formula is C17H24ClNO. The first kappa shape index (κ1) is 14.4. The number of halogens is 1. The molecule has 2 nitrogen and oxygen atoms in total. The molecule has 1 aromatic rings. The first-order chi connectivity index (χ1) is 9.65. The van der Waals surface area contributed by atoms with Crippen LogP contribution in [0.5, 0.6) is 0 Å². The molecule has 3 heteroatoms. The fourth-order valence-corrected chi connectivity index (χ4v) is 3.39. The summed E-state index contributed by atoms with van der Waals surface area (Å²) in [6.07, 6.45) is 4.14. The summed E-state index contributed by atoms with van der Waals surface area (Å²) >= 11 is 6.15. The average Bonchev–Trinajstić information content (AvgIpc) is 3.35. The fraction of sp³-hybridized carbons (Fsp3) is 0.647. The Bertz CT molecular complexity index is 486. The van der Waals surface area contributed by atoms with E-state index >= 15 is 0 Å². The zero-order chi connectivity index (χ0) is 14.2. The van der Waals surface area contributed by atoms with E-state index in [1.165, 1.54) is 36.9 Å². The molecule has 0 unspecified atom stereocenters. The van der Waals surface area contributed by atoms with Gasteiger partial charge < -0.3 is 10.1 Å². The van der Waals surface area contributed by atoms with Crippen LogP contribution in [-0.2, 0) is 10.2 Å². The maximum absolute atomic E-state index is 6.15. The quantitative estimate of drug-likeness (QED) is 0.920. The lowest BCUT2D eigenvalue weighted by Crippen LogP contribution is -2.19. The highest BCUT2D eigenvalue weighted by molar-refractivity contribution is 6.31. The van der Waals surface area contributed by atoms with Crippen LogP contribution in [-0.4, -0.2) is 26.8 Å². The number of hydrogen-bond acceptors (Lipinski definition) is 2. The second-order valence-corrected chi connectivity index (χ2v) is 6.96. The number of methoxy groups -OCH3 is 1. The summed E-state index contributed by atoms with van der Waals surface area (Å²) in [4.78, 5) is 0. The number of nitrogens with one attached hydrogen (secondary N) is 1. The van der Waals surface area contributed by atoms with Gasteiger partial charge in [0.25, 0.3) is 0 Å². The standard InChI is InChI=1S/C12H14ClN.C5H10O/c1-8-2-3-9(4-11(8)13)12-5-10(12)6-14-7-12;1-6-4-5-2-3-5/h2-4,10,14H,5-7H2,1H3;5H,2-4H2,1H3/t10-,12+;/m1./s1. The Morgan fingerprint density at radius 3 is 2.65 bits per heavy atom. The van der Waals surface area contributed by atoms with E-state index in [2.05, 4.69) is 30.4 Å². The monoisotopic (exact) mass is 293 g/mol. The van der Waals surface area contributed by atoms with E-state index in [4.69, 9.17) is 16.3 Å². The molecule has 2 aliphatic carbocycles. The Hall–Kier alpha value is -0.570. The number of benzene rings is 1. The van der Waals surface area contributed by atoms with Gasteiger partial charge in [-0.25, -0.2) is 0 Å². The number of fused-ring (bicyclic) bond motifs is 1. The zero-order valence-corrected chi connectivity index (χ0v) is 13.2. The SMILES string of the molecule is COCC1CC1.Cc1ccc([C@]23CNC[C@H]2C3)cc1Cl. The van der Waals surface area contributed by atoms with Crippen molar-refractivity contribution in [1.29, 1.82) is 0 Å². The van der Waals surface area contributed by atoms with E-state index in [-0.39, 0.29) is 0 Å². The van der Waals surface area contributed by atoms with Gasteiger partial charge in [0.15, 0.2) is 0 Å². The van der Waals surface area contributed by atoms with Crippen molar-refractivity contribution >= 4 is 11.6 Å². The normalized spacial score (nSPS) is 30.4. The predicted molar refractivity (Wildman–Crippen MR) is 83.4 cm³/mol. The largest absolute Gasteiger partial charge is 0.384 e. The van der Waals surface area contributed by atoms with Crippen molar-refractivity contribution in [3.63, 3.8) is 0 Å². The summed E-state index contributed by atoms with van der Waals surface area (Å²) in [5.41, 5.74) is 3.05. The van der Waals surface area contributed by atoms with Gasteiger partial charge >= 0.3 is 0 Å². The van der Waals surface area contributed by atoms with Gasteiger partial charge in [-0.2, -0.15) is 0 Å². The second-order valence-electron chi connectivity index (χ2n) is 6.55. The van der Waals surface area contributed by atoms with Crippen LogP contribution in [0, 0.1) is 18.8 Å². The maximum Gasteiger partial charge on any atom is 0.0490 e. The van der Waals surface area contributed by atoms with Crippen LogP contribution in [0.1, 0.15) is 30.4 Å². The summed E-state index contributed by atoms with van der Waals surface area (Å²) in [5, 5.41) is 4.36. The minimum atomic E-state index is 0.442. The van der Waals surface area contributed by atoms with Crippen LogP contribution in [0.4, 0.5) is 0 Å². The Kier molecular flexibility index (Phi) is 4.07. The summed E-state index contributed by atoms with van der Waals surface area (Å²) < 4.78 is 4.87.